The van der Waals surface area contributed by atoms with Gasteiger partial charge in [0.25, 0.3) is 0 Å². The molecule has 0 aliphatic carbocycles. The zero-order chi connectivity index (χ0) is 29.4. The summed E-state index contributed by atoms with van der Waals surface area (Å²) in [5.41, 5.74) is 1.24. The Kier molecular flexibility index (Phi) is 9.91. The van der Waals surface area contributed by atoms with Gasteiger partial charge in [0.15, 0.2) is 12.1 Å². The number of nitrogens with zero attached hydrogens (tertiary/aromatic N) is 1. The minimum atomic E-state index is -5.50. The number of rotatable bonds is 9. The summed E-state index contributed by atoms with van der Waals surface area (Å²) in [5.74, 6) is -3.46. The second-order valence-corrected chi connectivity index (χ2v) is 9.60. The van der Waals surface area contributed by atoms with E-state index >= 15 is 0 Å². The number of aryl methyl sites for hydroxylation is 1. The number of hydrogen-bond acceptors (Lipinski definition) is 6. The summed E-state index contributed by atoms with van der Waals surface area (Å²) in [5, 5.41) is 0. The second-order valence-electron chi connectivity index (χ2n) is 9.60. The molecule has 3 atom stereocenters. The van der Waals surface area contributed by atoms with Crippen LogP contribution in [0.2, 0.25) is 0 Å². The van der Waals surface area contributed by atoms with Crippen molar-refractivity contribution in [3.05, 3.63) is 107 Å². The lowest BCUT2D eigenvalue weighted by molar-refractivity contribution is -0.206. The molecule has 1 heterocycles. The van der Waals surface area contributed by atoms with E-state index in [0.29, 0.717) is 24.2 Å². The van der Waals surface area contributed by atoms with Gasteiger partial charge in [0.1, 0.15) is 18.8 Å². The minimum absolute atomic E-state index is 0.0300. The molecule has 3 unspecified atom stereocenters. The van der Waals surface area contributed by atoms with Crippen LogP contribution in [0.4, 0.5) is 18.0 Å². The van der Waals surface area contributed by atoms with Crippen LogP contribution in [0.5, 0.6) is 0 Å². The molecule has 2 amide bonds. The van der Waals surface area contributed by atoms with E-state index in [-0.39, 0.29) is 16.0 Å². The van der Waals surface area contributed by atoms with E-state index in [0.717, 1.165) is 12.8 Å². The number of ether oxygens (including phenoxy) is 3. The van der Waals surface area contributed by atoms with E-state index in [1.807, 2.05) is 0 Å². The van der Waals surface area contributed by atoms with Gasteiger partial charge in [-0.1, -0.05) is 84.9 Å². The molecule has 0 spiro atoms. The van der Waals surface area contributed by atoms with Gasteiger partial charge in [-0.25, -0.2) is 9.69 Å². The fourth-order valence-electron chi connectivity index (χ4n) is 4.61. The van der Waals surface area contributed by atoms with E-state index in [2.05, 4.69) is 0 Å². The highest BCUT2D eigenvalue weighted by molar-refractivity contribution is 6.07. The largest absolute Gasteiger partial charge is 0.471 e. The molecule has 0 radical (unpaired) electrons. The molecule has 41 heavy (non-hydrogen) atoms. The summed E-state index contributed by atoms with van der Waals surface area (Å²) in [4.78, 5) is 40.4. The number of imide groups is 1. The van der Waals surface area contributed by atoms with Gasteiger partial charge in [-0.05, 0) is 42.9 Å². The molecule has 7 nitrogen and oxygen atoms in total. The quantitative estimate of drug-likeness (QED) is 0.272. The molecule has 0 aromatic heterocycles. The maximum Gasteiger partial charge on any atom is 0.471 e. The predicted molar refractivity (Wildman–Crippen MR) is 143 cm³/mol. The first-order valence-electron chi connectivity index (χ1n) is 13.2. The number of alkyl halides is 3. The molecular weight excluding hydrogens is 539 g/mol. The molecule has 3 aromatic rings. The van der Waals surface area contributed by atoms with Gasteiger partial charge in [0.05, 0.1) is 0 Å². The number of carbonyl (C=O) groups excluding carboxylic acids is 3. The summed E-state index contributed by atoms with van der Waals surface area (Å²) >= 11 is 0. The molecule has 0 N–H and O–H groups in total. The number of Topliss-reactive ketones (excluding diaryl/α,β-unsaturated/α-hetero) is 1. The minimum Gasteiger partial charge on any atom is -0.444 e. The number of hydrogen-bond donors (Lipinski definition) is 0. The van der Waals surface area contributed by atoms with Crippen molar-refractivity contribution in [2.24, 2.45) is 0 Å². The van der Waals surface area contributed by atoms with Crippen molar-refractivity contribution < 1.29 is 41.8 Å². The molecule has 0 saturated carbocycles. The van der Waals surface area contributed by atoms with Crippen molar-refractivity contribution in [2.45, 2.75) is 57.4 Å². The molecule has 0 bridgehead atoms. The summed E-state index contributed by atoms with van der Waals surface area (Å²) in [6, 6.07) is 20.5. The van der Waals surface area contributed by atoms with Gasteiger partial charge in [-0.15, -0.1) is 0 Å². The highest BCUT2D eigenvalue weighted by atomic mass is 19.4. The van der Waals surface area contributed by atoms with Crippen LogP contribution in [0.25, 0.3) is 0 Å². The Morgan fingerprint density at radius 3 is 2.17 bits per heavy atom. The highest BCUT2D eigenvalue weighted by Gasteiger charge is 2.53. The van der Waals surface area contributed by atoms with Crippen LogP contribution in [-0.4, -0.2) is 47.8 Å². The average Bonchev–Trinajstić information content (AvgIpc) is 2.98. The normalized spacial score (nSPS) is 16.8. The lowest BCUT2D eigenvalue weighted by atomic mass is 9.91. The Balaban J connectivity index is 1.84. The third kappa shape index (κ3) is 7.59. The first-order chi connectivity index (χ1) is 19.7. The van der Waals surface area contributed by atoms with Crippen molar-refractivity contribution in [1.29, 1.82) is 0 Å². The van der Waals surface area contributed by atoms with Gasteiger partial charge in [-0.3, -0.25) is 9.59 Å². The smallest absolute Gasteiger partial charge is 0.444 e. The topological polar surface area (TPSA) is 82.1 Å². The lowest BCUT2D eigenvalue weighted by Gasteiger charge is -2.37. The fourth-order valence-corrected chi connectivity index (χ4v) is 4.61. The molecule has 1 saturated heterocycles. The number of halogens is 3. The number of benzene rings is 3. The van der Waals surface area contributed by atoms with Gasteiger partial charge in [0, 0.05) is 12.2 Å². The van der Waals surface area contributed by atoms with Crippen LogP contribution in [0.3, 0.4) is 0 Å². The van der Waals surface area contributed by atoms with E-state index < -0.39 is 49.0 Å². The second kappa shape index (κ2) is 13.6. The third-order valence-corrected chi connectivity index (χ3v) is 6.67. The van der Waals surface area contributed by atoms with Crippen LogP contribution >= 0.6 is 0 Å². The van der Waals surface area contributed by atoms with E-state index in [1.54, 1.807) is 85.8 Å². The summed E-state index contributed by atoms with van der Waals surface area (Å²) in [6.07, 6.45) is -7.58. The van der Waals surface area contributed by atoms with Crippen molar-refractivity contribution >= 4 is 17.8 Å². The SMILES string of the molecule is Cc1ccccc1C(=O)C(C(OC1CCCCO1)c1ccccc1)N(C(=O)OCc1ccccc1)C(=O)C(F)(F)F. The summed E-state index contributed by atoms with van der Waals surface area (Å²) in [6.45, 7) is 1.54. The molecule has 1 fully saturated rings. The molecule has 4 rings (SSSR count). The van der Waals surface area contributed by atoms with Crippen molar-refractivity contribution in [3.63, 3.8) is 0 Å². The van der Waals surface area contributed by atoms with E-state index in [1.165, 1.54) is 6.07 Å². The Morgan fingerprint density at radius 2 is 1.56 bits per heavy atom. The number of carbonyl (C=O) groups is 3. The summed E-state index contributed by atoms with van der Waals surface area (Å²) in [7, 11) is 0. The van der Waals surface area contributed by atoms with E-state index in [9.17, 15) is 27.6 Å². The van der Waals surface area contributed by atoms with Crippen molar-refractivity contribution in [1.82, 2.24) is 4.90 Å². The summed E-state index contributed by atoms with van der Waals surface area (Å²) < 4.78 is 59.3. The van der Waals surface area contributed by atoms with Crippen molar-refractivity contribution in [3.8, 4) is 0 Å². The zero-order valence-electron chi connectivity index (χ0n) is 22.4. The zero-order valence-corrected chi connectivity index (χ0v) is 22.4. The van der Waals surface area contributed by atoms with Gasteiger partial charge >= 0.3 is 18.2 Å². The molecule has 1 aliphatic heterocycles. The Morgan fingerprint density at radius 1 is 0.927 bits per heavy atom. The molecular formula is C31H30F3NO6. The Bertz CT molecular complexity index is 1330. The number of amides is 2. The van der Waals surface area contributed by atoms with Crippen LogP contribution in [0.1, 0.15) is 52.4 Å². The highest BCUT2D eigenvalue weighted by Crippen LogP contribution is 2.34. The molecule has 10 heteroatoms. The van der Waals surface area contributed by atoms with Crippen LogP contribution in [-0.2, 0) is 25.6 Å². The maximum absolute atomic E-state index is 14.2. The monoisotopic (exact) mass is 569 g/mol. The third-order valence-electron chi connectivity index (χ3n) is 6.67. The average molecular weight is 570 g/mol. The lowest BCUT2D eigenvalue weighted by Crippen LogP contribution is -2.56. The first kappa shape index (κ1) is 30.0. The van der Waals surface area contributed by atoms with Crippen LogP contribution in [0, 0.1) is 6.92 Å². The van der Waals surface area contributed by atoms with Gasteiger partial charge in [0.2, 0.25) is 0 Å². The Labute approximate surface area is 235 Å². The van der Waals surface area contributed by atoms with Gasteiger partial charge < -0.3 is 14.2 Å². The van der Waals surface area contributed by atoms with Crippen LogP contribution in [0.15, 0.2) is 84.9 Å². The standard InChI is InChI=1S/C31H30F3NO6/c1-21-12-8-9-17-24(21)27(36)26(28(23-15-6-3-7-16-23)41-25-18-10-11-19-39-25)35(29(37)31(32,33)34)30(38)40-20-22-13-4-2-5-14-22/h2-9,12-17,25-26,28H,10-11,18-20H2,1H3. The maximum atomic E-state index is 14.2. The predicted octanol–water partition coefficient (Wildman–Crippen LogP) is 6.56. The fraction of sp³-hybridized carbons (Fsp3) is 0.323. The molecule has 3 aromatic carbocycles. The van der Waals surface area contributed by atoms with Crippen molar-refractivity contribution in [2.75, 3.05) is 6.61 Å². The molecule has 1 aliphatic rings. The first-order valence-corrected chi connectivity index (χ1v) is 13.2. The van der Waals surface area contributed by atoms with Gasteiger partial charge in [-0.2, -0.15) is 13.2 Å². The van der Waals surface area contributed by atoms with Crippen LogP contribution < -0.4 is 0 Å². The number of ketones is 1. The van der Waals surface area contributed by atoms with E-state index in [4.69, 9.17) is 14.2 Å². The Hall–Kier alpha value is -4.02. The molecule has 216 valence electrons.